The van der Waals surface area contributed by atoms with Crippen LogP contribution in [-0.2, 0) is 13.0 Å². The Kier molecular flexibility index (Phi) is 3.54. The minimum Gasteiger partial charge on any atom is -0.328 e. The zero-order valence-electron chi connectivity index (χ0n) is 11.3. The Bertz CT molecular complexity index is 618. The van der Waals surface area contributed by atoms with E-state index in [0.29, 0.717) is 11.3 Å². The van der Waals surface area contributed by atoms with E-state index in [1.807, 2.05) is 0 Å². The van der Waals surface area contributed by atoms with E-state index < -0.39 is 0 Å². The summed E-state index contributed by atoms with van der Waals surface area (Å²) in [6, 6.07) is 6.50. The van der Waals surface area contributed by atoms with Crippen molar-refractivity contribution in [3.63, 3.8) is 0 Å². The molecule has 0 aliphatic heterocycles. The average Bonchev–Trinajstić information content (AvgIpc) is 2.79. The quantitative estimate of drug-likeness (QED) is 0.558. The summed E-state index contributed by atoms with van der Waals surface area (Å²) in [5, 5.41) is 0. The van der Waals surface area contributed by atoms with Crippen molar-refractivity contribution in [2.75, 3.05) is 5.88 Å². The lowest BCUT2D eigenvalue weighted by Crippen LogP contribution is -2.08. The Labute approximate surface area is 132 Å². The first kappa shape index (κ1) is 13.7. The van der Waals surface area contributed by atoms with E-state index in [9.17, 15) is 0 Å². The van der Waals surface area contributed by atoms with Gasteiger partial charge in [0.2, 0.25) is 0 Å². The first-order valence-corrected chi connectivity index (χ1v) is 8.33. The van der Waals surface area contributed by atoms with Crippen molar-refractivity contribution in [1.29, 1.82) is 0 Å². The van der Waals surface area contributed by atoms with Crippen LogP contribution in [0, 0.1) is 14.9 Å². The van der Waals surface area contributed by atoms with Gasteiger partial charge in [-0.05, 0) is 58.5 Å². The van der Waals surface area contributed by atoms with Gasteiger partial charge in [-0.1, -0.05) is 13.8 Å². The standard InChI is InChI=1S/C15H18ClIN2/c1-15(2)8-10(15)9-19-13-4-3-11(17)7-12(13)18-14(19)5-6-16/h3-4,7,10H,5-6,8-9H2,1-2H3. The van der Waals surface area contributed by atoms with Gasteiger partial charge in [0.25, 0.3) is 0 Å². The summed E-state index contributed by atoms with van der Waals surface area (Å²) in [6.07, 6.45) is 2.16. The molecule has 2 nitrogen and oxygen atoms in total. The number of halogens is 2. The molecule has 4 heteroatoms. The smallest absolute Gasteiger partial charge is 0.111 e. The Balaban J connectivity index is 2.01. The van der Waals surface area contributed by atoms with Crippen LogP contribution in [0.3, 0.4) is 0 Å². The number of aryl methyl sites for hydroxylation is 1. The molecule has 19 heavy (non-hydrogen) atoms. The highest BCUT2D eigenvalue weighted by Gasteiger charge is 2.45. The molecule has 0 saturated heterocycles. The third-order valence-corrected chi connectivity index (χ3v) is 5.09. The van der Waals surface area contributed by atoms with Crippen LogP contribution in [-0.4, -0.2) is 15.4 Å². The molecule has 1 saturated carbocycles. The molecule has 0 radical (unpaired) electrons. The van der Waals surface area contributed by atoms with Crippen LogP contribution in [0.25, 0.3) is 11.0 Å². The second-order valence-corrected chi connectivity index (χ2v) is 7.72. The molecule has 1 aromatic heterocycles. The summed E-state index contributed by atoms with van der Waals surface area (Å²) in [5.74, 6) is 2.54. The highest BCUT2D eigenvalue weighted by Crippen LogP contribution is 2.52. The minimum absolute atomic E-state index is 0.498. The van der Waals surface area contributed by atoms with Gasteiger partial charge < -0.3 is 4.57 Å². The Morgan fingerprint density at radius 3 is 2.84 bits per heavy atom. The fraction of sp³-hybridized carbons (Fsp3) is 0.533. The van der Waals surface area contributed by atoms with Gasteiger partial charge in [0, 0.05) is 22.4 Å². The average molecular weight is 389 g/mol. The lowest BCUT2D eigenvalue weighted by Gasteiger charge is -2.10. The van der Waals surface area contributed by atoms with Crippen molar-refractivity contribution in [2.24, 2.45) is 11.3 Å². The van der Waals surface area contributed by atoms with Crippen molar-refractivity contribution >= 4 is 45.2 Å². The molecule has 1 heterocycles. The van der Waals surface area contributed by atoms with Gasteiger partial charge in [-0.15, -0.1) is 11.6 Å². The maximum absolute atomic E-state index is 5.92. The Hall–Kier alpha value is -0.290. The fourth-order valence-electron chi connectivity index (χ4n) is 2.74. The molecule has 0 spiro atoms. The van der Waals surface area contributed by atoms with Gasteiger partial charge in [-0.3, -0.25) is 0 Å². The lowest BCUT2D eigenvalue weighted by atomic mass is 10.1. The van der Waals surface area contributed by atoms with E-state index in [-0.39, 0.29) is 0 Å². The predicted octanol–water partition coefficient (Wildman–Crippen LogP) is 4.47. The second kappa shape index (κ2) is 4.92. The highest BCUT2D eigenvalue weighted by molar-refractivity contribution is 14.1. The molecule has 0 N–H and O–H groups in total. The van der Waals surface area contributed by atoms with Crippen LogP contribution in [0.5, 0.6) is 0 Å². The summed E-state index contributed by atoms with van der Waals surface area (Å²) in [6.45, 7) is 5.78. The molecule has 1 aliphatic rings. The molecule has 1 unspecified atom stereocenters. The van der Waals surface area contributed by atoms with Crippen molar-refractivity contribution in [3.05, 3.63) is 27.6 Å². The SMILES string of the molecule is CC1(C)CC1Cn1c(CCCl)nc2cc(I)ccc21. The Morgan fingerprint density at radius 2 is 2.21 bits per heavy atom. The third-order valence-electron chi connectivity index (χ3n) is 4.23. The Morgan fingerprint density at radius 1 is 1.47 bits per heavy atom. The van der Waals surface area contributed by atoms with E-state index in [0.717, 1.165) is 30.2 Å². The van der Waals surface area contributed by atoms with Crippen molar-refractivity contribution in [3.8, 4) is 0 Å². The number of imidazole rings is 1. The van der Waals surface area contributed by atoms with Gasteiger partial charge in [0.1, 0.15) is 5.82 Å². The molecular formula is C15H18ClIN2. The number of nitrogens with zero attached hydrogens (tertiary/aromatic N) is 2. The van der Waals surface area contributed by atoms with E-state index >= 15 is 0 Å². The zero-order chi connectivity index (χ0) is 13.6. The zero-order valence-corrected chi connectivity index (χ0v) is 14.2. The van der Waals surface area contributed by atoms with E-state index in [2.05, 4.69) is 59.2 Å². The number of aromatic nitrogens is 2. The predicted molar refractivity (Wildman–Crippen MR) is 88.8 cm³/mol. The van der Waals surface area contributed by atoms with E-state index in [4.69, 9.17) is 16.6 Å². The van der Waals surface area contributed by atoms with Gasteiger partial charge in [-0.2, -0.15) is 0 Å². The van der Waals surface area contributed by atoms with Crippen LogP contribution in [0.1, 0.15) is 26.1 Å². The summed E-state index contributed by atoms with van der Waals surface area (Å²) in [4.78, 5) is 4.77. The number of hydrogen-bond acceptors (Lipinski definition) is 1. The molecule has 2 aromatic rings. The van der Waals surface area contributed by atoms with Crippen LogP contribution < -0.4 is 0 Å². The molecule has 0 bridgehead atoms. The first-order valence-electron chi connectivity index (χ1n) is 6.72. The monoisotopic (exact) mass is 388 g/mol. The third kappa shape index (κ3) is 2.64. The summed E-state index contributed by atoms with van der Waals surface area (Å²) < 4.78 is 3.62. The van der Waals surface area contributed by atoms with Crippen molar-refractivity contribution in [2.45, 2.75) is 33.2 Å². The van der Waals surface area contributed by atoms with Crippen LogP contribution in [0.4, 0.5) is 0 Å². The van der Waals surface area contributed by atoms with Gasteiger partial charge >= 0.3 is 0 Å². The van der Waals surface area contributed by atoms with Gasteiger partial charge in [0.15, 0.2) is 0 Å². The normalized spacial score (nSPS) is 20.9. The van der Waals surface area contributed by atoms with Gasteiger partial charge in [-0.25, -0.2) is 4.98 Å². The molecule has 1 atom stereocenters. The fourth-order valence-corrected chi connectivity index (χ4v) is 3.38. The van der Waals surface area contributed by atoms with Crippen LogP contribution in [0.15, 0.2) is 18.2 Å². The molecule has 1 fully saturated rings. The summed E-state index contributed by atoms with van der Waals surface area (Å²) >= 11 is 8.26. The molecule has 1 aromatic carbocycles. The van der Waals surface area contributed by atoms with Crippen LogP contribution in [0.2, 0.25) is 0 Å². The molecule has 0 amide bonds. The number of benzene rings is 1. The number of hydrogen-bond donors (Lipinski definition) is 0. The van der Waals surface area contributed by atoms with E-state index in [1.165, 1.54) is 15.5 Å². The summed E-state index contributed by atoms with van der Waals surface area (Å²) in [5.41, 5.74) is 2.85. The molecule has 3 rings (SSSR count). The number of alkyl halides is 1. The molecular weight excluding hydrogens is 371 g/mol. The van der Waals surface area contributed by atoms with Crippen LogP contribution >= 0.6 is 34.2 Å². The molecule has 1 aliphatic carbocycles. The van der Waals surface area contributed by atoms with Crippen molar-refractivity contribution in [1.82, 2.24) is 9.55 Å². The highest BCUT2D eigenvalue weighted by atomic mass is 127. The topological polar surface area (TPSA) is 17.8 Å². The second-order valence-electron chi connectivity index (χ2n) is 6.10. The number of fused-ring (bicyclic) bond motifs is 1. The maximum Gasteiger partial charge on any atom is 0.111 e. The number of rotatable bonds is 4. The molecule has 102 valence electrons. The van der Waals surface area contributed by atoms with E-state index in [1.54, 1.807) is 0 Å². The lowest BCUT2D eigenvalue weighted by molar-refractivity contribution is 0.496. The first-order chi connectivity index (χ1) is 9.01. The minimum atomic E-state index is 0.498. The van der Waals surface area contributed by atoms with Crippen molar-refractivity contribution < 1.29 is 0 Å². The largest absolute Gasteiger partial charge is 0.328 e. The van der Waals surface area contributed by atoms with Gasteiger partial charge in [0.05, 0.1) is 11.0 Å². The maximum atomic E-state index is 5.92. The summed E-state index contributed by atoms with van der Waals surface area (Å²) in [7, 11) is 0.